The van der Waals surface area contributed by atoms with E-state index in [1.165, 1.54) is 25.1 Å². The molecule has 1 saturated heterocycles. The number of piperazine rings is 1. The molecule has 0 aromatic heterocycles. The summed E-state index contributed by atoms with van der Waals surface area (Å²) in [5.41, 5.74) is 0.516. The molecule has 3 rings (SSSR count). The lowest BCUT2D eigenvalue weighted by Gasteiger charge is -2.37. The molecule has 1 unspecified atom stereocenters. The third-order valence-electron chi connectivity index (χ3n) is 4.54. The number of amides is 1. The van der Waals surface area contributed by atoms with Gasteiger partial charge < -0.3 is 9.80 Å². The van der Waals surface area contributed by atoms with Gasteiger partial charge in [-0.1, -0.05) is 30.3 Å². The molecule has 1 heterocycles. The number of hydrogen-bond donors (Lipinski definition) is 1. The van der Waals surface area contributed by atoms with Crippen molar-refractivity contribution in [3.8, 4) is 0 Å². The third kappa shape index (κ3) is 4.45. The van der Waals surface area contributed by atoms with Crippen LogP contribution in [0.15, 0.2) is 59.5 Å². The number of carbonyl (C=O) groups is 1. The number of nitrogens with zero attached hydrogens (tertiary/aromatic N) is 2. The number of sulfonamides is 1. The van der Waals surface area contributed by atoms with Crippen LogP contribution in [0, 0.1) is 5.82 Å². The summed E-state index contributed by atoms with van der Waals surface area (Å²) >= 11 is 0. The Labute approximate surface area is 158 Å². The number of hydrogen-bond acceptors (Lipinski definition) is 4. The first-order valence-corrected chi connectivity index (χ1v) is 10.2. The highest BCUT2D eigenvalue weighted by Gasteiger charge is 2.28. The standard InChI is InChI=1S/C19H22FN3O3S/c1-15(21-27(25,26)16-7-3-2-4-8-16)19(24)23-13-11-22(12-14-23)18-10-6-5-9-17(18)20/h2-10,15,21H,11-14H2,1H3. The number of benzene rings is 2. The van der Waals surface area contributed by atoms with E-state index in [2.05, 4.69) is 4.72 Å². The van der Waals surface area contributed by atoms with Crippen molar-refractivity contribution in [1.82, 2.24) is 9.62 Å². The summed E-state index contributed by atoms with van der Waals surface area (Å²) in [4.78, 5) is 16.2. The van der Waals surface area contributed by atoms with E-state index in [0.29, 0.717) is 31.9 Å². The van der Waals surface area contributed by atoms with E-state index in [1.807, 2.05) is 4.90 Å². The van der Waals surface area contributed by atoms with Gasteiger partial charge in [-0.3, -0.25) is 4.79 Å². The van der Waals surface area contributed by atoms with Crippen LogP contribution >= 0.6 is 0 Å². The summed E-state index contributed by atoms with van der Waals surface area (Å²) in [5, 5.41) is 0. The summed E-state index contributed by atoms with van der Waals surface area (Å²) in [6, 6.07) is 13.6. The molecule has 1 amide bonds. The Morgan fingerprint density at radius 1 is 1.00 bits per heavy atom. The van der Waals surface area contributed by atoms with Gasteiger partial charge in [0.05, 0.1) is 16.6 Å². The normalized spacial score (nSPS) is 16.2. The van der Waals surface area contributed by atoms with Gasteiger partial charge >= 0.3 is 0 Å². The third-order valence-corrected chi connectivity index (χ3v) is 6.10. The predicted octanol–water partition coefficient (Wildman–Crippen LogP) is 1.84. The minimum Gasteiger partial charge on any atom is -0.366 e. The molecule has 144 valence electrons. The largest absolute Gasteiger partial charge is 0.366 e. The van der Waals surface area contributed by atoms with E-state index in [9.17, 15) is 17.6 Å². The summed E-state index contributed by atoms with van der Waals surface area (Å²) in [7, 11) is -3.76. The highest BCUT2D eigenvalue weighted by Crippen LogP contribution is 2.20. The second-order valence-corrected chi connectivity index (χ2v) is 8.13. The summed E-state index contributed by atoms with van der Waals surface area (Å²) in [5.74, 6) is -0.580. The van der Waals surface area contributed by atoms with Gasteiger partial charge in [-0.15, -0.1) is 0 Å². The molecule has 1 aliphatic heterocycles. The molecular weight excluding hydrogens is 369 g/mol. The monoisotopic (exact) mass is 391 g/mol. The lowest BCUT2D eigenvalue weighted by Crippen LogP contribution is -2.54. The fourth-order valence-electron chi connectivity index (χ4n) is 3.10. The molecule has 27 heavy (non-hydrogen) atoms. The Balaban J connectivity index is 1.60. The Bertz CT molecular complexity index is 897. The first-order chi connectivity index (χ1) is 12.9. The molecule has 0 aliphatic carbocycles. The van der Waals surface area contributed by atoms with Crippen LogP contribution in [-0.2, 0) is 14.8 Å². The number of nitrogens with one attached hydrogen (secondary N) is 1. The van der Waals surface area contributed by atoms with Gasteiger partial charge in [-0.25, -0.2) is 12.8 Å². The molecular formula is C19H22FN3O3S. The summed E-state index contributed by atoms with van der Waals surface area (Å²) in [6.07, 6.45) is 0. The van der Waals surface area contributed by atoms with Crippen molar-refractivity contribution in [2.75, 3.05) is 31.1 Å². The Kier molecular flexibility index (Phi) is 5.76. The van der Waals surface area contributed by atoms with E-state index in [0.717, 1.165) is 0 Å². The van der Waals surface area contributed by atoms with E-state index in [-0.39, 0.29) is 16.6 Å². The van der Waals surface area contributed by atoms with Gasteiger partial charge in [-0.05, 0) is 31.2 Å². The molecule has 0 bridgehead atoms. The minimum atomic E-state index is -3.76. The Morgan fingerprint density at radius 3 is 2.22 bits per heavy atom. The fraction of sp³-hybridized carbons (Fsp3) is 0.316. The van der Waals surface area contributed by atoms with E-state index < -0.39 is 16.1 Å². The predicted molar refractivity (Wildman–Crippen MR) is 101 cm³/mol. The molecule has 1 atom stereocenters. The van der Waals surface area contributed by atoms with Gasteiger partial charge in [0.1, 0.15) is 5.82 Å². The van der Waals surface area contributed by atoms with Gasteiger partial charge in [0, 0.05) is 26.2 Å². The average molecular weight is 391 g/mol. The van der Waals surface area contributed by atoms with Gasteiger partial charge in [-0.2, -0.15) is 4.72 Å². The Morgan fingerprint density at radius 2 is 1.59 bits per heavy atom. The van der Waals surface area contributed by atoms with Crippen molar-refractivity contribution in [2.24, 2.45) is 0 Å². The molecule has 1 aliphatic rings. The minimum absolute atomic E-state index is 0.119. The summed E-state index contributed by atoms with van der Waals surface area (Å²) in [6.45, 7) is 3.33. The maximum absolute atomic E-state index is 13.9. The average Bonchev–Trinajstić information content (AvgIpc) is 2.68. The Hall–Kier alpha value is -2.45. The van der Waals surface area contributed by atoms with Crippen molar-refractivity contribution in [3.05, 3.63) is 60.4 Å². The molecule has 8 heteroatoms. The second kappa shape index (κ2) is 8.06. The maximum Gasteiger partial charge on any atom is 0.241 e. The number of anilines is 1. The first-order valence-electron chi connectivity index (χ1n) is 8.74. The van der Waals surface area contributed by atoms with Crippen LogP contribution in [0.5, 0.6) is 0 Å². The van der Waals surface area contributed by atoms with Crippen molar-refractivity contribution >= 4 is 21.6 Å². The molecule has 0 radical (unpaired) electrons. The first kappa shape index (κ1) is 19.3. The molecule has 1 fully saturated rings. The zero-order chi connectivity index (χ0) is 19.4. The quantitative estimate of drug-likeness (QED) is 0.845. The molecule has 6 nitrogen and oxygen atoms in total. The lowest BCUT2D eigenvalue weighted by molar-refractivity contribution is -0.132. The second-order valence-electron chi connectivity index (χ2n) is 6.42. The topological polar surface area (TPSA) is 69.7 Å². The van der Waals surface area contributed by atoms with E-state index in [1.54, 1.807) is 41.3 Å². The maximum atomic E-state index is 13.9. The molecule has 2 aromatic carbocycles. The zero-order valence-corrected chi connectivity index (χ0v) is 15.8. The van der Waals surface area contributed by atoms with Crippen molar-refractivity contribution in [2.45, 2.75) is 17.9 Å². The summed E-state index contributed by atoms with van der Waals surface area (Å²) < 4.78 is 41.1. The number of halogens is 1. The van der Waals surface area contributed by atoms with Crippen LogP contribution in [0.1, 0.15) is 6.92 Å². The zero-order valence-electron chi connectivity index (χ0n) is 15.0. The van der Waals surface area contributed by atoms with Crippen LogP contribution in [-0.4, -0.2) is 51.4 Å². The van der Waals surface area contributed by atoms with Crippen molar-refractivity contribution < 1.29 is 17.6 Å². The van der Waals surface area contributed by atoms with Crippen molar-refractivity contribution in [1.29, 1.82) is 0 Å². The van der Waals surface area contributed by atoms with E-state index in [4.69, 9.17) is 0 Å². The van der Waals surface area contributed by atoms with Crippen LogP contribution in [0.2, 0.25) is 0 Å². The SMILES string of the molecule is CC(NS(=O)(=O)c1ccccc1)C(=O)N1CCN(c2ccccc2F)CC1. The van der Waals surface area contributed by atoms with Gasteiger partial charge in [0.2, 0.25) is 15.9 Å². The molecule has 0 saturated carbocycles. The number of para-hydroxylation sites is 1. The van der Waals surface area contributed by atoms with E-state index >= 15 is 0 Å². The molecule has 2 aromatic rings. The van der Waals surface area contributed by atoms with Gasteiger partial charge in [0.15, 0.2) is 0 Å². The van der Waals surface area contributed by atoms with Crippen LogP contribution in [0.25, 0.3) is 0 Å². The highest BCUT2D eigenvalue weighted by molar-refractivity contribution is 7.89. The van der Waals surface area contributed by atoms with Gasteiger partial charge in [0.25, 0.3) is 0 Å². The van der Waals surface area contributed by atoms with Crippen LogP contribution in [0.4, 0.5) is 10.1 Å². The van der Waals surface area contributed by atoms with Crippen molar-refractivity contribution in [3.63, 3.8) is 0 Å². The fourth-order valence-corrected chi connectivity index (χ4v) is 4.32. The highest BCUT2D eigenvalue weighted by atomic mass is 32.2. The smallest absolute Gasteiger partial charge is 0.241 e. The van der Waals surface area contributed by atoms with Crippen LogP contribution in [0.3, 0.4) is 0 Å². The molecule has 1 N–H and O–H groups in total. The lowest BCUT2D eigenvalue weighted by atomic mass is 10.2. The number of carbonyl (C=O) groups excluding carboxylic acids is 1. The molecule has 0 spiro atoms. The van der Waals surface area contributed by atoms with Crippen LogP contribution < -0.4 is 9.62 Å². The number of rotatable bonds is 5.